The molecule has 0 saturated heterocycles. The van der Waals surface area contributed by atoms with E-state index in [9.17, 15) is 13.2 Å². The monoisotopic (exact) mass is 379 g/mol. The molecule has 0 aliphatic carbocycles. The number of aryl methyl sites for hydroxylation is 1. The lowest BCUT2D eigenvalue weighted by atomic mass is 9.99. The highest BCUT2D eigenvalue weighted by molar-refractivity contribution is 7.89. The third-order valence-electron chi connectivity index (χ3n) is 4.32. The Hall–Kier alpha value is -2.76. The Balaban J connectivity index is 1.88. The van der Waals surface area contributed by atoms with Gasteiger partial charge in [0.1, 0.15) is 0 Å². The second-order valence-electron chi connectivity index (χ2n) is 6.39. The van der Waals surface area contributed by atoms with Crippen LogP contribution >= 0.6 is 0 Å². The number of rotatable bonds is 7. The molecule has 0 saturated carbocycles. The van der Waals surface area contributed by atoms with Crippen molar-refractivity contribution in [1.29, 1.82) is 0 Å². The molecule has 3 aromatic rings. The third kappa shape index (κ3) is 4.90. The predicted octanol–water partition coefficient (Wildman–Crippen LogP) is 4.29. The van der Waals surface area contributed by atoms with Crippen molar-refractivity contribution < 1.29 is 13.2 Å². The van der Waals surface area contributed by atoms with Crippen LogP contribution in [0.4, 0.5) is 0 Å². The summed E-state index contributed by atoms with van der Waals surface area (Å²) in [6.45, 7) is 1.90. The molecular formula is C22H21NO3S. The Labute approximate surface area is 159 Å². The number of benzene rings is 3. The molecule has 4 nitrogen and oxygen atoms in total. The van der Waals surface area contributed by atoms with E-state index in [1.807, 2.05) is 43.3 Å². The molecule has 27 heavy (non-hydrogen) atoms. The summed E-state index contributed by atoms with van der Waals surface area (Å²) in [5.41, 5.74) is 2.29. The number of Topliss-reactive ketones (excluding diaryl/α,β-unsaturated/α-hetero) is 1. The van der Waals surface area contributed by atoms with Gasteiger partial charge in [0.25, 0.3) is 0 Å². The normalized spacial score (nSPS) is 12.5. The lowest BCUT2D eigenvalue weighted by Gasteiger charge is -2.19. The van der Waals surface area contributed by atoms with Crippen LogP contribution in [0, 0.1) is 6.92 Å². The second kappa shape index (κ2) is 8.29. The van der Waals surface area contributed by atoms with Gasteiger partial charge in [-0.15, -0.1) is 0 Å². The largest absolute Gasteiger partial charge is 0.294 e. The first-order valence-corrected chi connectivity index (χ1v) is 10.2. The maximum atomic E-state index is 12.8. The number of hydrogen-bond acceptors (Lipinski definition) is 3. The molecule has 0 aliphatic heterocycles. The van der Waals surface area contributed by atoms with Crippen LogP contribution < -0.4 is 4.72 Å². The second-order valence-corrected chi connectivity index (χ2v) is 8.10. The molecule has 0 spiro atoms. The molecule has 5 heteroatoms. The third-order valence-corrected chi connectivity index (χ3v) is 5.80. The van der Waals surface area contributed by atoms with Gasteiger partial charge in [0.15, 0.2) is 5.78 Å². The highest BCUT2D eigenvalue weighted by atomic mass is 32.2. The van der Waals surface area contributed by atoms with Crippen molar-refractivity contribution in [3.8, 4) is 0 Å². The molecule has 0 heterocycles. The fraction of sp³-hybridized carbons (Fsp3) is 0.136. The molecule has 0 bridgehead atoms. The minimum atomic E-state index is -3.75. The molecular weight excluding hydrogens is 358 g/mol. The molecule has 3 rings (SSSR count). The van der Waals surface area contributed by atoms with Crippen LogP contribution in [0.15, 0.2) is 89.8 Å². The fourth-order valence-corrected chi connectivity index (χ4v) is 4.04. The van der Waals surface area contributed by atoms with Crippen molar-refractivity contribution in [2.45, 2.75) is 24.3 Å². The summed E-state index contributed by atoms with van der Waals surface area (Å²) in [5.74, 6) is -0.115. The Morgan fingerprint density at radius 1 is 0.852 bits per heavy atom. The number of ketones is 1. The van der Waals surface area contributed by atoms with Crippen molar-refractivity contribution >= 4 is 15.8 Å². The van der Waals surface area contributed by atoms with Crippen LogP contribution in [0.1, 0.15) is 33.9 Å². The molecule has 0 aromatic heterocycles. The quantitative estimate of drug-likeness (QED) is 0.623. The summed E-state index contributed by atoms with van der Waals surface area (Å²) < 4.78 is 28.3. The zero-order chi connectivity index (χ0) is 19.3. The summed E-state index contributed by atoms with van der Waals surface area (Å²) in [6, 6.07) is 24.0. The molecule has 0 amide bonds. The summed E-state index contributed by atoms with van der Waals surface area (Å²) in [4.78, 5) is 12.8. The standard InChI is InChI=1S/C22H21NO3S/c1-17-12-14-20(15-13-17)27(25,26)23-21(18-8-4-2-5-9-18)16-22(24)19-10-6-3-7-11-19/h2-15,21,23H,16H2,1H3/t21-/m1/s1. The van der Waals surface area contributed by atoms with E-state index < -0.39 is 16.1 Å². The maximum absolute atomic E-state index is 12.8. The smallest absolute Gasteiger partial charge is 0.241 e. The van der Waals surface area contributed by atoms with Gasteiger partial charge in [0.2, 0.25) is 10.0 Å². The highest BCUT2D eigenvalue weighted by Gasteiger charge is 2.24. The maximum Gasteiger partial charge on any atom is 0.241 e. The van der Waals surface area contributed by atoms with Crippen LogP contribution in [0.25, 0.3) is 0 Å². The molecule has 0 fully saturated rings. The highest BCUT2D eigenvalue weighted by Crippen LogP contribution is 2.22. The van der Waals surface area contributed by atoms with E-state index in [0.29, 0.717) is 5.56 Å². The molecule has 0 unspecified atom stereocenters. The van der Waals surface area contributed by atoms with E-state index >= 15 is 0 Å². The van der Waals surface area contributed by atoms with Gasteiger partial charge in [-0.1, -0.05) is 78.4 Å². The van der Waals surface area contributed by atoms with Gasteiger partial charge in [0, 0.05) is 12.0 Å². The SMILES string of the molecule is Cc1ccc(S(=O)(=O)N[C@H](CC(=O)c2ccccc2)c2ccccc2)cc1. The lowest BCUT2D eigenvalue weighted by Crippen LogP contribution is -2.30. The van der Waals surface area contributed by atoms with Gasteiger partial charge >= 0.3 is 0 Å². The average Bonchev–Trinajstić information content (AvgIpc) is 2.69. The van der Waals surface area contributed by atoms with Gasteiger partial charge in [0.05, 0.1) is 10.9 Å². The Morgan fingerprint density at radius 3 is 2.00 bits per heavy atom. The topological polar surface area (TPSA) is 63.2 Å². The van der Waals surface area contributed by atoms with E-state index in [-0.39, 0.29) is 17.1 Å². The Kier molecular flexibility index (Phi) is 5.84. The number of carbonyl (C=O) groups is 1. The Bertz CT molecular complexity index is 998. The van der Waals surface area contributed by atoms with Crippen molar-refractivity contribution in [1.82, 2.24) is 4.72 Å². The van der Waals surface area contributed by atoms with E-state index in [0.717, 1.165) is 11.1 Å². The number of sulfonamides is 1. The van der Waals surface area contributed by atoms with Crippen LogP contribution in [0.2, 0.25) is 0 Å². The van der Waals surface area contributed by atoms with Crippen LogP contribution in [0.3, 0.4) is 0 Å². The van der Waals surface area contributed by atoms with Crippen molar-refractivity contribution in [2.24, 2.45) is 0 Å². The summed E-state index contributed by atoms with van der Waals surface area (Å²) in [5, 5.41) is 0. The fourth-order valence-electron chi connectivity index (χ4n) is 2.81. The van der Waals surface area contributed by atoms with Gasteiger partial charge in [-0.2, -0.15) is 0 Å². The van der Waals surface area contributed by atoms with Crippen molar-refractivity contribution in [2.75, 3.05) is 0 Å². The number of hydrogen-bond donors (Lipinski definition) is 1. The number of carbonyl (C=O) groups excluding carboxylic acids is 1. The van der Waals surface area contributed by atoms with Crippen molar-refractivity contribution in [3.05, 3.63) is 102 Å². The minimum absolute atomic E-state index is 0.0408. The van der Waals surface area contributed by atoms with Gasteiger partial charge in [-0.05, 0) is 24.6 Å². The lowest BCUT2D eigenvalue weighted by molar-refractivity contribution is 0.0972. The molecule has 0 radical (unpaired) electrons. The first kappa shape index (κ1) is 19.0. The van der Waals surface area contributed by atoms with Crippen molar-refractivity contribution in [3.63, 3.8) is 0 Å². The molecule has 1 atom stereocenters. The van der Waals surface area contributed by atoms with E-state index in [2.05, 4.69) is 4.72 Å². The molecule has 1 N–H and O–H groups in total. The molecule has 3 aromatic carbocycles. The minimum Gasteiger partial charge on any atom is -0.294 e. The van der Waals surface area contributed by atoms with Gasteiger partial charge in [-0.25, -0.2) is 13.1 Å². The summed E-state index contributed by atoms with van der Waals surface area (Å²) in [7, 11) is -3.75. The van der Waals surface area contributed by atoms with Crippen LogP contribution in [-0.4, -0.2) is 14.2 Å². The first-order valence-electron chi connectivity index (χ1n) is 8.68. The predicted molar refractivity (Wildman–Crippen MR) is 106 cm³/mol. The molecule has 0 aliphatic rings. The van der Waals surface area contributed by atoms with E-state index in [4.69, 9.17) is 0 Å². The first-order chi connectivity index (χ1) is 13.0. The van der Waals surface area contributed by atoms with Gasteiger partial charge < -0.3 is 0 Å². The van der Waals surface area contributed by atoms with Gasteiger partial charge in [-0.3, -0.25) is 4.79 Å². The van der Waals surface area contributed by atoms with E-state index in [1.54, 1.807) is 48.5 Å². The number of nitrogens with one attached hydrogen (secondary N) is 1. The zero-order valence-electron chi connectivity index (χ0n) is 15.0. The van der Waals surface area contributed by atoms with Crippen LogP contribution in [-0.2, 0) is 10.0 Å². The molecule has 138 valence electrons. The summed E-state index contributed by atoms with van der Waals surface area (Å²) >= 11 is 0. The van der Waals surface area contributed by atoms with Crippen LogP contribution in [0.5, 0.6) is 0 Å². The average molecular weight is 379 g/mol. The van der Waals surface area contributed by atoms with E-state index in [1.165, 1.54) is 0 Å². The zero-order valence-corrected chi connectivity index (χ0v) is 15.8. The Morgan fingerprint density at radius 2 is 1.41 bits per heavy atom. The summed E-state index contributed by atoms with van der Waals surface area (Å²) in [6.07, 6.45) is 0.0408.